The van der Waals surface area contributed by atoms with Gasteiger partial charge in [0, 0.05) is 6.20 Å². The van der Waals surface area contributed by atoms with Crippen LogP contribution in [0.2, 0.25) is 0 Å². The number of hydrogen-bond donors (Lipinski definition) is 2. The summed E-state index contributed by atoms with van der Waals surface area (Å²) in [6.45, 7) is 1.78. The van der Waals surface area contributed by atoms with E-state index in [1.54, 1.807) is 19.2 Å². The highest BCUT2D eigenvalue weighted by Gasteiger charge is 2.21. The van der Waals surface area contributed by atoms with Crippen LogP contribution in [0.5, 0.6) is 0 Å². The SMILES string of the molecule is Cc1cncc(Nc2cc(C(=O)O)c(F)cc2[N+](=O)[O-])c1. The number of carboxylic acid groups (broad SMARTS) is 1. The second-order valence-electron chi connectivity index (χ2n) is 4.29. The van der Waals surface area contributed by atoms with E-state index in [2.05, 4.69) is 10.3 Å². The predicted octanol–water partition coefficient (Wildman–Crippen LogP) is 2.88. The quantitative estimate of drug-likeness (QED) is 0.662. The van der Waals surface area contributed by atoms with Gasteiger partial charge in [0.25, 0.3) is 5.69 Å². The number of nitro benzene ring substituents is 1. The van der Waals surface area contributed by atoms with Crippen molar-refractivity contribution in [1.82, 2.24) is 4.98 Å². The molecule has 0 saturated carbocycles. The number of aromatic carboxylic acids is 1. The first kappa shape index (κ1) is 14.4. The fraction of sp³-hybridized carbons (Fsp3) is 0.0769. The number of rotatable bonds is 4. The summed E-state index contributed by atoms with van der Waals surface area (Å²) in [5.74, 6) is -2.67. The highest BCUT2D eigenvalue weighted by Crippen LogP contribution is 2.30. The largest absolute Gasteiger partial charge is 0.478 e. The maximum Gasteiger partial charge on any atom is 0.338 e. The van der Waals surface area contributed by atoms with E-state index in [1.807, 2.05) is 0 Å². The lowest BCUT2D eigenvalue weighted by Gasteiger charge is -2.09. The number of aryl methyl sites for hydroxylation is 1. The smallest absolute Gasteiger partial charge is 0.338 e. The molecule has 0 aliphatic heterocycles. The Morgan fingerprint density at radius 3 is 2.67 bits per heavy atom. The first-order valence-electron chi connectivity index (χ1n) is 5.78. The van der Waals surface area contributed by atoms with Gasteiger partial charge in [-0.15, -0.1) is 0 Å². The summed E-state index contributed by atoms with van der Waals surface area (Å²) < 4.78 is 13.5. The minimum atomic E-state index is -1.51. The number of carbonyl (C=O) groups is 1. The molecule has 0 radical (unpaired) electrons. The molecule has 0 aliphatic rings. The number of benzene rings is 1. The van der Waals surface area contributed by atoms with E-state index < -0.39 is 28.0 Å². The zero-order valence-electron chi connectivity index (χ0n) is 10.8. The molecule has 0 aliphatic carbocycles. The fourth-order valence-electron chi connectivity index (χ4n) is 1.76. The van der Waals surface area contributed by atoms with Gasteiger partial charge in [0.05, 0.1) is 28.4 Å². The van der Waals surface area contributed by atoms with E-state index in [4.69, 9.17) is 5.11 Å². The van der Waals surface area contributed by atoms with Crippen LogP contribution >= 0.6 is 0 Å². The van der Waals surface area contributed by atoms with Gasteiger partial charge in [0.1, 0.15) is 11.5 Å². The minimum Gasteiger partial charge on any atom is -0.478 e. The first-order valence-corrected chi connectivity index (χ1v) is 5.78. The van der Waals surface area contributed by atoms with E-state index in [-0.39, 0.29) is 5.69 Å². The summed E-state index contributed by atoms with van der Waals surface area (Å²) in [5, 5.41) is 22.5. The average molecular weight is 291 g/mol. The zero-order chi connectivity index (χ0) is 15.6. The van der Waals surface area contributed by atoms with Gasteiger partial charge in [-0.2, -0.15) is 0 Å². The van der Waals surface area contributed by atoms with Gasteiger partial charge in [-0.1, -0.05) is 0 Å². The van der Waals surface area contributed by atoms with Gasteiger partial charge in [0.15, 0.2) is 0 Å². The van der Waals surface area contributed by atoms with Crippen LogP contribution in [0.4, 0.5) is 21.5 Å². The molecule has 21 heavy (non-hydrogen) atoms. The Morgan fingerprint density at radius 1 is 1.38 bits per heavy atom. The van der Waals surface area contributed by atoms with Crippen molar-refractivity contribution >= 4 is 23.0 Å². The molecule has 2 rings (SSSR count). The van der Waals surface area contributed by atoms with Crippen LogP contribution < -0.4 is 5.32 Å². The van der Waals surface area contributed by atoms with Crippen LogP contribution in [0.15, 0.2) is 30.6 Å². The van der Waals surface area contributed by atoms with E-state index in [0.29, 0.717) is 11.8 Å². The Labute approximate surface area is 118 Å². The summed E-state index contributed by atoms with van der Waals surface area (Å²) in [6.07, 6.45) is 3.01. The lowest BCUT2D eigenvalue weighted by molar-refractivity contribution is -0.384. The van der Waals surface area contributed by atoms with E-state index in [9.17, 15) is 19.3 Å². The number of nitro groups is 1. The van der Waals surface area contributed by atoms with Crippen molar-refractivity contribution in [2.75, 3.05) is 5.32 Å². The summed E-state index contributed by atoms with van der Waals surface area (Å²) in [6, 6.07) is 3.13. The van der Waals surface area contributed by atoms with Crippen molar-refractivity contribution < 1.29 is 19.2 Å². The van der Waals surface area contributed by atoms with Gasteiger partial charge in [-0.3, -0.25) is 15.1 Å². The monoisotopic (exact) mass is 291 g/mol. The molecular weight excluding hydrogens is 281 g/mol. The number of nitrogens with zero attached hydrogens (tertiary/aromatic N) is 2. The molecule has 1 heterocycles. The Hall–Kier alpha value is -3.03. The number of pyridine rings is 1. The Kier molecular flexibility index (Phi) is 3.79. The van der Waals surface area contributed by atoms with Crippen LogP contribution in [-0.2, 0) is 0 Å². The summed E-state index contributed by atoms with van der Waals surface area (Å²) >= 11 is 0. The Bertz CT molecular complexity index is 733. The summed E-state index contributed by atoms with van der Waals surface area (Å²) in [5.41, 5.74) is -0.0850. The molecular formula is C13H10FN3O4. The molecule has 1 aromatic carbocycles. The highest BCUT2D eigenvalue weighted by atomic mass is 19.1. The Morgan fingerprint density at radius 2 is 2.10 bits per heavy atom. The fourth-order valence-corrected chi connectivity index (χ4v) is 1.76. The third-order valence-corrected chi connectivity index (χ3v) is 2.67. The minimum absolute atomic E-state index is 0.119. The van der Waals surface area contributed by atoms with E-state index in [1.165, 1.54) is 6.20 Å². The molecule has 0 amide bonds. The molecule has 1 aromatic heterocycles. The van der Waals surface area contributed by atoms with Crippen molar-refractivity contribution in [3.63, 3.8) is 0 Å². The number of anilines is 2. The van der Waals surface area contributed by atoms with Crippen LogP contribution in [-0.4, -0.2) is 21.0 Å². The van der Waals surface area contributed by atoms with Crippen molar-refractivity contribution in [3.8, 4) is 0 Å². The van der Waals surface area contributed by atoms with Crippen molar-refractivity contribution in [2.45, 2.75) is 6.92 Å². The predicted molar refractivity (Wildman–Crippen MR) is 72.3 cm³/mol. The van der Waals surface area contributed by atoms with E-state index >= 15 is 0 Å². The second-order valence-corrected chi connectivity index (χ2v) is 4.29. The molecule has 8 heteroatoms. The lowest BCUT2D eigenvalue weighted by Crippen LogP contribution is -2.05. The normalized spacial score (nSPS) is 10.2. The molecule has 0 spiro atoms. The highest BCUT2D eigenvalue weighted by molar-refractivity contribution is 5.91. The molecule has 108 valence electrons. The summed E-state index contributed by atoms with van der Waals surface area (Å²) in [4.78, 5) is 25.0. The standard InChI is InChI=1S/C13H10FN3O4/c1-7-2-8(6-15-5-7)16-11-3-9(13(18)19)10(14)4-12(11)17(20)21/h2-6,16H,1H3,(H,18,19). The second kappa shape index (κ2) is 5.53. The zero-order valence-corrected chi connectivity index (χ0v) is 10.8. The lowest BCUT2D eigenvalue weighted by atomic mass is 10.1. The van der Waals surface area contributed by atoms with E-state index in [0.717, 1.165) is 11.6 Å². The number of nitrogens with one attached hydrogen (secondary N) is 1. The van der Waals surface area contributed by atoms with Gasteiger partial charge >= 0.3 is 5.97 Å². The third-order valence-electron chi connectivity index (χ3n) is 2.67. The van der Waals surface area contributed by atoms with Crippen LogP contribution in [0.25, 0.3) is 0 Å². The average Bonchev–Trinajstić information content (AvgIpc) is 2.39. The van der Waals surface area contributed by atoms with Gasteiger partial charge in [0.2, 0.25) is 0 Å². The molecule has 2 N–H and O–H groups in total. The molecule has 7 nitrogen and oxygen atoms in total. The maximum absolute atomic E-state index is 13.5. The molecule has 0 bridgehead atoms. The van der Waals surface area contributed by atoms with Crippen LogP contribution in [0.3, 0.4) is 0 Å². The van der Waals surface area contributed by atoms with Crippen LogP contribution in [0.1, 0.15) is 15.9 Å². The first-order chi connectivity index (χ1) is 9.88. The molecule has 0 fully saturated rings. The van der Waals surface area contributed by atoms with Crippen LogP contribution in [0, 0.1) is 22.9 Å². The topological polar surface area (TPSA) is 105 Å². The van der Waals surface area contributed by atoms with Crippen molar-refractivity contribution in [3.05, 3.63) is 57.7 Å². The van der Waals surface area contributed by atoms with Gasteiger partial charge < -0.3 is 10.4 Å². The molecule has 0 unspecified atom stereocenters. The maximum atomic E-state index is 13.5. The number of carboxylic acids is 1. The summed E-state index contributed by atoms with van der Waals surface area (Å²) in [7, 11) is 0. The molecule has 0 atom stereocenters. The third kappa shape index (κ3) is 3.11. The molecule has 0 saturated heterocycles. The van der Waals surface area contributed by atoms with Gasteiger partial charge in [-0.25, -0.2) is 9.18 Å². The van der Waals surface area contributed by atoms with Crippen molar-refractivity contribution in [1.29, 1.82) is 0 Å². The van der Waals surface area contributed by atoms with Crippen molar-refractivity contribution in [2.24, 2.45) is 0 Å². The van der Waals surface area contributed by atoms with Gasteiger partial charge in [-0.05, 0) is 24.6 Å². The Balaban J connectivity index is 2.52. The number of aromatic nitrogens is 1. The number of hydrogen-bond acceptors (Lipinski definition) is 5. The number of halogens is 1. The molecule has 2 aromatic rings.